The number of nitriles is 3. The summed E-state index contributed by atoms with van der Waals surface area (Å²) in [7, 11) is 0. The summed E-state index contributed by atoms with van der Waals surface area (Å²) in [6.45, 7) is 61.0. The summed E-state index contributed by atoms with van der Waals surface area (Å²) in [5, 5.41) is 29.5. The van der Waals surface area contributed by atoms with Gasteiger partial charge in [-0.15, -0.1) is 32.1 Å². The molecule has 4 aliphatic carbocycles. The molecule has 0 spiro atoms. The van der Waals surface area contributed by atoms with Crippen molar-refractivity contribution in [3.63, 3.8) is 0 Å². The molecule has 0 aliphatic heterocycles. The van der Waals surface area contributed by atoms with Gasteiger partial charge in [-0.25, -0.2) is 4.79 Å². The zero-order chi connectivity index (χ0) is 62.8. The van der Waals surface area contributed by atoms with Gasteiger partial charge in [-0.1, -0.05) is 166 Å². The second kappa shape index (κ2) is 36.7. The molecular weight excluding hydrogens is 1260 g/mol. The molecule has 4 fully saturated rings. The van der Waals surface area contributed by atoms with E-state index in [-0.39, 0.29) is 116 Å². The largest absolute Gasteiger partial charge is 2.00 e. The van der Waals surface area contributed by atoms with Gasteiger partial charge in [0.15, 0.2) is 5.41 Å². The molecule has 0 amide bonds. The topological polar surface area (TPSA) is 176 Å². The predicted octanol–water partition coefficient (Wildman–Crippen LogP) is 15.9. The third-order valence-electron chi connectivity index (χ3n) is 16.9. The number of hydrogen-bond acceptors (Lipinski definition) is 10. The summed E-state index contributed by atoms with van der Waals surface area (Å²) < 4.78 is 15.3. The van der Waals surface area contributed by atoms with Crippen molar-refractivity contribution in [1.82, 2.24) is 0 Å². The summed E-state index contributed by atoms with van der Waals surface area (Å²) >= 11 is 3.13. The Labute approximate surface area is 564 Å². The monoisotopic (exact) mass is 1380 g/mol. The standard InChI is InChI=1S/C19H31NO2.C16H27NO2.C16H31N.C15H23NO2.C3H5Br.CH3.ClH.HI.Mg/c1-8-10-19(14-20,15(21)22-9-2)18(7)12-16(3,4)11-17(5,6)13-18;1-7-19-13(18)12(8-17)16(6)10-14(2,3)9-15(4,5)11-16;1-7-8-13(9-17)16(6)11-14(2,3)10-15(4,5)12-16;1-6-18-13(17)12(9-16)11-7-14(2,3)10-15(4,5)8-11;1-2-3-4;;;;/h8H,1,9-13H2,2-7H3;12H,7,9-11H2,1-6H3;7,13H,1,8-12,17H2,2-6H3;6-8,10H2,1-5H3;2H,1,3H2;1H3;2*1H;/q;;;;;-1;;;+2/p-1. The van der Waals surface area contributed by atoms with Crippen LogP contribution in [0.5, 0.6) is 0 Å². The van der Waals surface area contributed by atoms with E-state index in [1.165, 1.54) is 19.3 Å². The van der Waals surface area contributed by atoms with Gasteiger partial charge in [0.25, 0.3) is 0 Å². The summed E-state index contributed by atoms with van der Waals surface area (Å²) in [5.74, 6) is -1.30. The van der Waals surface area contributed by atoms with E-state index in [1.54, 1.807) is 32.9 Å². The molecule has 4 aliphatic rings. The van der Waals surface area contributed by atoms with Crippen molar-refractivity contribution in [2.45, 2.75) is 242 Å². The first-order chi connectivity index (χ1) is 36.3. The van der Waals surface area contributed by atoms with Crippen LogP contribution in [0.1, 0.15) is 242 Å². The van der Waals surface area contributed by atoms with Crippen LogP contribution in [0.3, 0.4) is 0 Å². The molecule has 0 heterocycles. The fourth-order valence-electron chi connectivity index (χ4n) is 17.9. The number of alkyl halides is 1. The molecule has 14 heteroatoms. The number of halogens is 3. The molecule has 4 rings (SSSR count). The van der Waals surface area contributed by atoms with Crippen molar-refractivity contribution in [2.24, 2.45) is 82.5 Å². The van der Waals surface area contributed by atoms with Crippen LogP contribution in [-0.4, -0.2) is 72.7 Å². The molecule has 0 bridgehead atoms. The zero-order valence-electron chi connectivity index (χ0n) is 57.7. The maximum Gasteiger partial charge on any atom is 2.00 e. The molecule has 0 radical (unpaired) electrons. The number of ether oxygens (including phenoxy) is 3. The Balaban J connectivity index is -0.000000319. The van der Waals surface area contributed by atoms with Gasteiger partial charge in [-0.2, -0.15) is 15.8 Å². The van der Waals surface area contributed by atoms with Crippen LogP contribution < -0.4 is 29.7 Å². The number of hydrogen-bond donors (Lipinski definition) is 1. The van der Waals surface area contributed by atoms with E-state index in [0.29, 0.717) is 48.4 Å². The third kappa shape index (κ3) is 28.3. The van der Waals surface area contributed by atoms with Crippen LogP contribution in [-0.2, 0) is 28.6 Å². The van der Waals surface area contributed by atoms with Gasteiger partial charge in [0.2, 0.25) is 0 Å². The van der Waals surface area contributed by atoms with Crippen molar-refractivity contribution in [3.05, 3.63) is 56.5 Å². The molecule has 0 aromatic rings. The van der Waals surface area contributed by atoms with Crippen molar-refractivity contribution in [2.75, 3.05) is 31.7 Å². The van der Waals surface area contributed by atoms with Crippen LogP contribution in [0.15, 0.2) is 49.1 Å². The summed E-state index contributed by atoms with van der Waals surface area (Å²) in [6.07, 6.45) is 19.2. The average molecular weight is 1380 g/mol. The quantitative estimate of drug-likeness (QED) is 0.0191. The predicted molar refractivity (Wildman–Crippen MR) is 355 cm³/mol. The Kier molecular flexibility index (Phi) is 39.6. The number of nitrogens with zero attached hydrogens (tertiary/aromatic N) is 3. The first kappa shape index (κ1) is 90.8. The van der Waals surface area contributed by atoms with E-state index in [1.807, 2.05) is 12.1 Å². The first-order valence-corrected chi connectivity index (χ1v) is 30.9. The smallest absolute Gasteiger partial charge is 1.00 e. The molecule has 0 aromatic carbocycles. The zero-order valence-corrected chi connectivity index (χ0v) is 63.7. The van der Waals surface area contributed by atoms with E-state index >= 15 is 0 Å². The van der Waals surface area contributed by atoms with Crippen molar-refractivity contribution >= 4 is 69.3 Å². The van der Waals surface area contributed by atoms with Gasteiger partial charge in [-0.05, 0) is 188 Å². The number of rotatable bonds is 15. The van der Waals surface area contributed by atoms with Gasteiger partial charge < -0.3 is 51.3 Å². The Hall–Kier alpha value is -1.93. The minimum absolute atomic E-state index is 0. The number of carbonyl (C=O) groups is 3. The second-order valence-electron chi connectivity index (χ2n) is 31.6. The van der Waals surface area contributed by atoms with Crippen LogP contribution >= 0.6 is 28.3 Å². The number of carbonyl (C=O) groups excluding carboxylic acids is 3. The van der Waals surface area contributed by atoms with Crippen molar-refractivity contribution < 1.29 is 52.6 Å². The molecule has 3 unspecified atom stereocenters. The van der Waals surface area contributed by atoms with Crippen LogP contribution in [0.25, 0.3) is 0 Å². The van der Waals surface area contributed by atoms with E-state index in [9.17, 15) is 30.2 Å². The summed E-state index contributed by atoms with van der Waals surface area (Å²) in [5.41, 5.74) is 7.29. The molecule has 480 valence electrons. The second-order valence-corrected chi connectivity index (χ2v) is 32.2. The van der Waals surface area contributed by atoms with Gasteiger partial charge in [0, 0.05) is 5.33 Å². The van der Waals surface area contributed by atoms with Crippen LogP contribution in [0.2, 0.25) is 0 Å². The fourth-order valence-corrected chi connectivity index (χ4v) is 17.9. The van der Waals surface area contributed by atoms with Crippen LogP contribution in [0.4, 0.5) is 0 Å². The molecule has 10 nitrogen and oxygen atoms in total. The third-order valence-corrected chi connectivity index (χ3v) is 17.4. The maximum atomic E-state index is 12.7. The average Bonchev–Trinajstić information content (AvgIpc) is 3.24. The first-order valence-electron chi connectivity index (χ1n) is 29.8. The summed E-state index contributed by atoms with van der Waals surface area (Å²) in [4.78, 5) is 36.6. The molecule has 3 atom stereocenters. The number of nitrogens with two attached hydrogens (primary N) is 1. The van der Waals surface area contributed by atoms with E-state index in [2.05, 4.69) is 179 Å². The Morgan fingerprint density at radius 1 is 0.595 bits per heavy atom. The molecule has 0 saturated heterocycles. The number of esters is 3. The molecule has 2 N–H and O–H groups in total. The van der Waals surface area contributed by atoms with Crippen LogP contribution in [0, 0.1) is 118 Å². The normalized spacial score (nSPS) is 22.5. The minimum atomic E-state index is -1.15. The minimum Gasteiger partial charge on any atom is -1.00 e. The van der Waals surface area contributed by atoms with Crippen molar-refractivity contribution in [3.8, 4) is 18.2 Å². The number of allylic oxidation sites excluding steroid dienone is 4. The van der Waals surface area contributed by atoms with E-state index in [4.69, 9.17) is 19.9 Å². The van der Waals surface area contributed by atoms with Gasteiger partial charge in [0.1, 0.15) is 17.6 Å². The van der Waals surface area contributed by atoms with Gasteiger partial charge in [-0.3, -0.25) is 9.59 Å². The van der Waals surface area contributed by atoms with Gasteiger partial charge in [0.05, 0.1) is 32.0 Å². The van der Waals surface area contributed by atoms with Gasteiger partial charge >= 0.3 is 41.0 Å². The Morgan fingerprint density at radius 3 is 1.25 bits per heavy atom. The molecule has 84 heavy (non-hydrogen) atoms. The van der Waals surface area contributed by atoms with E-state index in [0.717, 1.165) is 81.7 Å². The molecular formula is C70H121BrClIMgN4O6. The van der Waals surface area contributed by atoms with E-state index < -0.39 is 28.7 Å². The Bertz CT molecular complexity index is 2200. The molecule has 4 saturated carbocycles. The Morgan fingerprint density at radius 2 is 0.952 bits per heavy atom. The molecule has 0 aromatic heterocycles. The summed E-state index contributed by atoms with van der Waals surface area (Å²) in [6, 6.07) is 6.58. The SMILES string of the molecule is C=CCBr.C=CCC(C#N)(C(=O)OCC)C1(C)CC(C)(C)CC(C)(C)C1.C=CCC(CN)C1(C)CC(C)(C)CC(C)(C)C1.CCOC(=O)C(C#N)=C1CC(C)(C)CC(C)(C)C1.CCOC(=O)C(C#N)C1(C)CC(C)(C)CC(C)(C)C1.Cl.[CH3-].[I-].[Mg+2]. The fraction of sp³-hybridized carbons (Fsp3) is 0.786. The maximum absolute atomic E-state index is 12.7. The van der Waals surface area contributed by atoms with Crippen molar-refractivity contribution in [1.29, 1.82) is 15.8 Å².